The maximum atomic E-state index is 12.5. The van der Waals surface area contributed by atoms with Crippen LogP contribution in [0.15, 0.2) is 0 Å². The number of nitrogens with zero attached hydrogens (tertiary/aromatic N) is 1. The Morgan fingerprint density at radius 1 is 1.12 bits per heavy atom. The van der Waals surface area contributed by atoms with E-state index in [-0.39, 0.29) is 18.1 Å². The van der Waals surface area contributed by atoms with E-state index in [0.29, 0.717) is 12.8 Å². The van der Waals surface area contributed by atoms with Gasteiger partial charge in [0.15, 0.2) is 0 Å². The Morgan fingerprint density at radius 2 is 1.73 bits per heavy atom. The molecule has 1 aliphatic rings. The van der Waals surface area contributed by atoms with Gasteiger partial charge in [-0.15, -0.1) is 0 Å². The highest BCUT2D eigenvalue weighted by molar-refractivity contribution is 7.80. The van der Waals surface area contributed by atoms with Crippen molar-refractivity contribution in [3.63, 3.8) is 0 Å². The smallest absolute Gasteiger partial charge is 0.326 e. The van der Waals surface area contributed by atoms with Crippen molar-refractivity contribution in [2.75, 3.05) is 24.7 Å². The van der Waals surface area contributed by atoms with E-state index < -0.39 is 54.5 Å². The van der Waals surface area contributed by atoms with Crippen LogP contribution in [-0.2, 0) is 19.2 Å². The number of likely N-dealkylation sites (tertiary alicyclic amines) is 1. The van der Waals surface area contributed by atoms with Crippen molar-refractivity contribution >= 4 is 48.9 Å². The lowest BCUT2D eigenvalue weighted by atomic mass is 10.2. The molecule has 0 aromatic carbocycles. The normalized spacial score (nSPS) is 20.2. The molecule has 4 atom stereocenters. The number of carbonyl (C=O) groups is 4. The van der Waals surface area contributed by atoms with E-state index in [1.807, 2.05) is 0 Å². The summed E-state index contributed by atoms with van der Waals surface area (Å²) in [5.74, 6) is -3.16. The second-order valence-electron chi connectivity index (χ2n) is 5.80. The van der Waals surface area contributed by atoms with Crippen molar-refractivity contribution in [3.8, 4) is 0 Å². The molecule has 6 N–H and O–H groups in total. The first kappa shape index (κ1) is 22.5. The van der Waals surface area contributed by atoms with E-state index in [0.717, 1.165) is 4.90 Å². The van der Waals surface area contributed by atoms with E-state index in [9.17, 15) is 24.3 Å². The molecule has 0 spiro atoms. The highest BCUT2D eigenvalue weighted by Gasteiger charge is 2.38. The van der Waals surface area contributed by atoms with Gasteiger partial charge in [0, 0.05) is 18.1 Å². The maximum absolute atomic E-state index is 12.5. The van der Waals surface area contributed by atoms with Crippen LogP contribution in [-0.4, -0.2) is 87.6 Å². The van der Waals surface area contributed by atoms with Crippen LogP contribution in [0.5, 0.6) is 0 Å². The number of aliphatic hydroxyl groups excluding tert-OH is 1. The molecule has 0 bridgehead atoms. The molecular weight excluding hydrogens is 384 g/mol. The molecule has 1 heterocycles. The molecule has 1 saturated heterocycles. The van der Waals surface area contributed by atoms with Crippen LogP contribution in [0.1, 0.15) is 12.8 Å². The summed E-state index contributed by atoms with van der Waals surface area (Å²) in [7, 11) is 0. The Morgan fingerprint density at radius 3 is 2.23 bits per heavy atom. The number of rotatable bonds is 9. The van der Waals surface area contributed by atoms with Gasteiger partial charge in [0.05, 0.1) is 12.6 Å². The van der Waals surface area contributed by atoms with Gasteiger partial charge in [0.1, 0.15) is 18.1 Å². The number of nitrogens with two attached hydrogens (primary N) is 1. The largest absolute Gasteiger partial charge is 0.480 e. The number of carboxylic acid groups (broad SMARTS) is 1. The minimum absolute atomic E-state index is 0.0648. The standard InChI is InChI=1S/C14H24N4O6S2/c15-7(5-25)11(20)17-9(6-26)12(21)16-8(4-19)13(22)18-3-1-2-10(18)14(23)24/h7-10,19,25-26H,1-6,15H2,(H,16,21)(H,17,20)(H,23,24). The number of aliphatic carboxylic acids is 1. The van der Waals surface area contributed by atoms with Crippen LogP contribution in [0.4, 0.5) is 0 Å². The van der Waals surface area contributed by atoms with E-state index in [1.54, 1.807) is 0 Å². The van der Waals surface area contributed by atoms with Crippen LogP contribution in [0, 0.1) is 0 Å². The molecule has 1 rings (SSSR count). The third-order valence-electron chi connectivity index (χ3n) is 3.97. The summed E-state index contributed by atoms with van der Waals surface area (Å²) in [4.78, 5) is 48.9. The molecule has 1 aliphatic heterocycles. The minimum atomic E-state index is -1.32. The Hall–Kier alpha value is -1.50. The Bertz CT molecular complexity index is 550. The number of carbonyl (C=O) groups excluding carboxylic acids is 3. The SMILES string of the molecule is NC(CS)C(=O)NC(CS)C(=O)NC(CO)C(=O)N1CCCC1C(=O)O. The van der Waals surface area contributed by atoms with E-state index in [4.69, 9.17) is 10.8 Å². The molecule has 4 unspecified atom stereocenters. The van der Waals surface area contributed by atoms with E-state index in [1.165, 1.54) is 0 Å². The monoisotopic (exact) mass is 408 g/mol. The third-order valence-corrected chi connectivity index (χ3v) is 4.73. The number of nitrogens with one attached hydrogen (secondary N) is 2. The molecule has 0 aromatic rings. The first-order valence-electron chi connectivity index (χ1n) is 7.99. The second kappa shape index (κ2) is 10.6. The summed E-state index contributed by atoms with van der Waals surface area (Å²) in [6.07, 6.45) is 0.829. The van der Waals surface area contributed by atoms with Crippen molar-refractivity contribution in [3.05, 3.63) is 0 Å². The van der Waals surface area contributed by atoms with Gasteiger partial charge in [0.2, 0.25) is 17.7 Å². The fourth-order valence-electron chi connectivity index (χ4n) is 2.50. The predicted octanol–water partition coefficient (Wildman–Crippen LogP) is -2.79. The lowest BCUT2D eigenvalue weighted by Gasteiger charge is -2.27. The summed E-state index contributed by atoms with van der Waals surface area (Å²) in [6, 6.07) is -4.29. The third kappa shape index (κ3) is 5.76. The first-order valence-corrected chi connectivity index (χ1v) is 9.25. The first-order chi connectivity index (χ1) is 12.3. The van der Waals surface area contributed by atoms with Gasteiger partial charge in [-0.1, -0.05) is 0 Å². The van der Waals surface area contributed by atoms with Gasteiger partial charge < -0.3 is 31.5 Å². The molecule has 148 valence electrons. The molecule has 10 nitrogen and oxygen atoms in total. The Labute approximate surface area is 161 Å². The van der Waals surface area contributed by atoms with Gasteiger partial charge >= 0.3 is 5.97 Å². The lowest BCUT2D eigenvalue weighted by molar-refractivity contribution is -0.150. The highest BCUT2D eigenvalue weighted by Crippen LogP contribution is 2.18. The zero-order chi connectivity index (χ0) is 19.9. The fourth-order valence-corrected chi connectivity index (χ4v) is 2.92. The second-order valence-corrected chi connectivity index (χ2v) is 6.53. The van der Waals surface area contributed by atoms with Crippen LogP contribution in [0.25, 0.3) is 0 Å². The van der Waals surface area contributed by atoms with Crippen molar-refractivity contribution in [1.29, 1.82) is 0 Å². The summed E-state index contributed by atoms with van der Waals surface area (Å²) < 4.78 is 0. The van der Waals surface area contributed by atoms with E-state index >= 15 is 0 Å². The fraction of sp³-hybridized carbons (Fsp3) is 0.714. The van der Waals surface area contributed by atoms with Crippen LogP contribution in [0.3, 0.4) is 0 Å². The Balaban J connectivity index is 2.75. The minimum Gasteiger partial charge on any atom is -0.480 e. The topological polar surface area (TPSA) is 162 Å². The molecule has 26 heavy (non-hydrogen) atoms. The molecule has 0 aromatic heterocycles. The van der Waals surface area contributed by atoms with Crippen molar-refractivity contribution in [1.82, 2.24) is 15.5 Å². The van der Waals surface area contributed by atoms with Gasteiger partial charge in [-0.2, -0.15) is 25.3 Å². The average Bonchev–Trinajstić information content (AvgIpc) is 3.12. The van der Waals surface area contributed by atoms with Crippen molar-refractivity contribution in [2.24, 2.45) is 5.73 Å². The number of amides is 3. The van der Waals surface area contributed by atoms with Crippen molar-refractivity contribution in [2.45, 2.75) is 37.0 Å². The van der Waals surface area contributed by atoms with Gasteiger partial charge in [0.25, 0.3) is 0 Å². The summed E-state index contributed by atoms with van der Waals surface area (Å²) in [6.45, 7) is -0.484. The quantitative estimate of drug-likeness (QED) is 0.203. The number of aliphatic hydroxyl groups is 1. The number of hydrogen-bond donors (Lipinski definition) is 7. The van der Waals surface area contributed by atoms with Gasteiger partial charge in [-0.25, -0.2) is 4.79 Å². The maximum Gasteiger partial charge on any atom is 0.326 e. The van der Waals surface area contributed by atoms with Gasteiger partial charge in [-0.05, 0) is 12.8 Å². The summed E-state index contributed by atoms with van der Waals surface area (Å²) in [5, 5.41) is 23.3. The lowest BCUT2D eigenvalue weighted by Crippen LogP contribution is -2.58. The summed E-state index contributed by atoms with van der Waals surface area (Å²) in [5.41, 5.74) is 5.52. The van der Waals surface area contributed by atoms with Crippen LogP contribution in [0.2, 0.25) is 0 Å². The molecule has 0 saturated carbocycles. The van der Waals surface area contributed by atoms with E-state index in [2.05, 4.69) is 35.9 Å². The Kier molecular flexibility index (Phi) is 9.19. The zero-order valence-corrected chi connectivity index (χ0v) is 15.8. The molecule has 1 fully saturated rings. The van der Waals surface area contributed by atoms with Crippen molar-refractivity contribution < 1.29 is 29.4 Å². The van der Waals surface area contributed by atoms with Crippen LogP contribution < -0.4 is 16.4 Å². The molecule has 3 amide bonds. The predicted molar refractivity (Wildman–Crippen MR) is 99.0 cm³/mol. The molecule has 0 aliphatic carbocycles. The summed E-state index contributed by atoms with van der Waals surface area (Å²) >= 11 is 7.88. The number of hydrogen-bond acceptors (Lipinski definition) is 8. The molecular formula is C14H24N4O6S2. The van der Waals surface area contributed by atoms with Gasteiger partial charge in [-0.3, -0.25) is 14.4 Å². The molecule has 0 radical (unpaired) electrons. The zero-order valence-electron chi connectivity index (χ0n) is 14.0. The molecule has 12 heteroatoms. The number of carboxylic acids is 1. The average molecular weight is 409 g/mol. The number of thiol groups is 2. The van der Waals surface area contributed by atoms with Crippen LogP contribution >= 0.6 is 25.3 Å². The highest BCUT2D eigenvalue weighted by atomic mass is 32.1.